The summed E-state index contributed by atoms with van der Waals surface area (Å²) in [6.45, 7) is 2.44. The van der Waals surface area contributed by atoms with E-state index in [-0.39, 0.29) is 5.95 Å². The molecule has 0 aliphatic carbocycles. The van der Waals surface area contributed by atoms with E-state index < -0.39 is 11.2 Å². The molecule has 0 unspecified atom stereocenters. The minimum Gasteiger partial charge on any atom is -0.369 e. The van der Waals surface area contributed by atoms with Crippen molar-refractivity contribution in [2.45, 2.75) is 13.5 Å². The van der Waals surface area contributed by atoms with Crippen molar-refractivity contribution in [2.75, 3.05) is 5.73 Å². The summed E-state index contributed by atoms with van der Waals surface area (Å²) in [5.74, 6) is 0.217. The van der Waals surface area contributed by atoms with E-state index in [1.54, 1.807) is 11.6 Å². The fraction of sp³-hybridized carbons (Fsp3) is 0.267. The second kappa shape index (κ2) is 4.87. The van der Waals surface area contributed by atoms with E-state index in [0.717, 1.165) is 15.7 Å². The van der Waals surface area contributed by atoms with Gasteiger partial charge in [-0.15, -0.1) is 0 Å². The molecule has 3 aromatic rings. The molecule has 2 N–H and O–H groups in total. The zero-order valence-corrected chi connectivity index (χ0v) is 12.7. The van der Waals surface area contributed by atoms with Crippen molar-refractivity contribution in [2.24, 2.45) is 14.1 Å². The van der Waals surface area contributed by atoms with Gasteiger partial charge in [-0.3, -0.25) is 13.9 Å². The first kappa shape index (κ1) is 14.1. The van der Waals surface area contributed by atoms with Crippen molar-refractivity contribution >= 4 is 17.1 Å². The van der Waals surface area contributed by atoms with Crippen molar-refractivity contribution in [3.8, 4) is 0 Å². The number of aromatic nitrogens is 4. The fourth-order valence-corrected chi connectivity index (χ4v) is 2.50. The normalized spacial score (nSPS) is 11.2. The number of benzene rings is 1. The van der Waals surface area contributed by atoms with E-state index in [1.807, 2.05) is 31.2 Å². The minimum absolute atomic E-state index is 0.217. The molecule has 2 heterocycles. The Bertz CT molecular complexity index is 976. The predicted octanol–water partition coefficient (Wildman–Crippen LogP) is 0.373. The average molecular weight is 299 g/mol. The maximum atomic E-state index is 12.4. The highest BCUT2D eigenvalue weighted by Gasteiger charge is 2.17. The van der Waals surface area contributed by atoms with E-state index in [9.17, 15) is 9.59 Å². The number of hydrogen-bond donors (Lipinski definition) is 1. The molecule has 0 spiro atoms. The van der Waals surface area contributed by atoms with Crippen LogP contribution in [0.15, 0.2) is 33.9 Å². The van der Waals surface area contributed by atoms with E-state index >= 15 is 0 Å². The highest BCUT2D eigenvalue weighted by molar-refractivity contribution is 5.73. The van der Waals surface area contributed by atoms with Crippen molar-refractivity contribution in [1.29, 1.82) is 0 Å². The Morgan fingerprint density at radius 1 is 1.09 bits per heavy atom. The average Bonchev–Trinajstić information content (AvgIpc) is 2.82. The summed E-state index contributed by atoms with van der Waals surface area (Å²) in [5, 5.41) is 0. The van der Waals surface area contributed by atoms with Crippen LogP contribution in [0.4, 0.5) is 5.95 Å². The van der Waals surface area contributed by atoms with Crippen molar-refractivity contribution in [3.05, 3.63) is 56.2 Å². The highest BCUT2D eigenvalue weighted by Crippen LogP contribution is 2.15. The van der Waals surface area contributed by atoms with Crippen molar-refractivity contribution in [3.63, 3.8) is 0 Å². The molecule has 22 heavy (non-hydrogen) atoms. The van der Waals surface area contributed by atoms with Gasteiger partial charge in [0, 0.05) is 14.1 Å². The molecule has 0 atom stereocenters. The lowest BCUT2D eigenvalue weighted by molar-refractivity contribution is 0.702. The Labute approximate surface area is 126 Å². The molecule has 0 fully saturated rings. The topological polar surface area (TPSA) is 87.8 Å². The molecule has 0 bridgehead atoms. The third kappa shape index (κ3) is 2.02. The summed E-state index contributed by atoms with van der Waals surface area (Å²) in [6, 6.07) is 7.96. The van der Waals surface area contributed by atoms with Crippen molar-refractivity contribution < 1.29 is 0 Å². The number of imidazole rings is 1. The van der Waals surface area contributed by atoms with Gasteiger partial charge in [-0.05, 0) is 12.5 Å². The quantitative estimate of drug-likeness (QED) is 0.740. The molecule has 0 aliphatic rings. The van der Waals surface area contributed by atoms with Gasteiger partial charge in [-0.25, -0.2) is 4.79 Å². The molecule has 0 aliphatic heterocycles. The number of hydrogen-bond acceptors (Lipinski definition) is 4. The molecule has 1 aromatic carbocycles. The van der Waals surface area contributed by atoms with Crippen LogP contribution < -0.4 is 17.0 Å². The SMILES string of the molecule is Cc1ccc(Cn2c(N)nc3c2c(=O)n(C)c(=O)n3C)cc1. The van der Waals surface area contributed by atoms with E-state index in [0.29, 0.717) is 17.7 Å². The van der Waals surface area contributed by atoms with Crippen molar-refractivity contribution in [1.82, 2.24) is 18.7 Å². The van der Waals surface area contributed by atoms with Crippen LogP contribution in [0.2, 0.25) is 0 Å². The van der Waals surface area contributed by atoms with Gasteiger partial charge in [0.2, 0.25) is 5.95 Å². The summed E-state index contributed by atoms with van der Waals surface area (Å²) >= 11 is 0. The summed E-state index contributed by atoms with van der Waals surface area (Å²) in [5.41, 5.74) is 7.95. The summed E-state index contributed by atoms with van der Waals surface area (Å²) in [6.07, 6.45) is 0. The molecule has 7 nitrogen and oxygen atoms in total. The Hall–Kier alpha value is -2.83. The van der Waals surface area contributed by atoms with Crippen LogP contribution in [0.5, 0.6) is 0 Å². The Balaban J connectivity index is 2.26. The molecule has 0 amide bonds. The highest BCUT2D eigenvalue weighted by atomic mass is 16.2. The number of rotatable bonds is 2. The van der Waals surface area contributed by atoms with Gasteiger partial charge in [-0.1, -0.05) is 29.8 Å². The molecule has 2 aromatic heterocycles. The lowest BCUT2D eigenvalue weighted by Gasteiger charge is -2.08. The summed E-state index contributed by atoms with van der Waals surface area (Å²) < 4.78 is 4.04. The van der Waals surface area contributed by atoms with Crippen LogP contribution in [0.25, 0.3) is 11.2 Å². The lowest BCUT2D eigenvalue weighted by Crippen LogP contribution is -2.37. The molecular weight excluding hydrogens is 282 g/mol. The van der Waals surface area contributed by atoms with Crippen LogP contribution in [-0.2, 0) is 20.6 Å². The first-order valence-electron chi connectivity index (χ1n) is 6.87. The maximum Gasteiger partial charge on any atom is 0.332 e. The standard InChI is InChI=1S/C15H17N5O2/c1-9-4-6-10(7-5-9)8-20-11-12(17-14(20)16)18(2)15(22)19(3)13(11)21/h4-7H,8H2,1-3H3,(H2,16,17). The van der Waals surface area contributed by atoms with E-state index in [4.69, 9.17) is 5.73 Å². The van der Waals surface area contributed by atoms with Crippen LogP contribution in [0, 0.1) is 6.92 Å². The minimum atomic E-state index is -0.419. The Morgan fingerprint density at radius 2 is 1.73 bits per heavy atom. The predicted molar refractivity (Wildman–Crippen MR) is 84.9 cm³/mol. The van der Waals surface area contributed by atoms with Gasteiger partial charge in [0.15, 0.2) is 11.2 Å². The van der Waals surface area contributed by atoms with Gasteiger partial charge in [0.05, 0.1) is 6.54 Å². The van der Waals surface area contributed by atoms with Gasteiger partial charge in [0.25, 0.3) is 5.56 Å². The number of fused-ring (bicyclic) bond motifs is 1. The first-order chi connectivity index (χ1) is 10.4. The van der Waals surface area contributed by atoms with Gasteiger partial charge < -0.3 is 10.3 Å². The number of nitrogen functional groups attached to an aromatic ring is 1. The fourth-order valence-electron chi connectivity index (χ4n) is 2.50. The number of anilines is 1. The van der Waals surface area contributed by atoms with Gasteiger partial charge in [-0.2, -0.15) is 4.98 Å². The largest absolute Gasteiger partial charge is 0.369 e. The third-order valence-corrected chi connectivity index (χ3v) is 3.84. The third-order valence-electron chi connectivity index (χ3n) is 3.84. The van der Waals surface area contributed by atoms with Gasteiger partial charge >= 0.3 is 5.69 Å². The van der Waals surface area contributed by atoms with E-state index in [1.165, 1.54) is 11.6 Å². The molecule has 0 radical (unpaired) electrons. The second-order valence-corrected chi connectivity index (χ2v) is 5.42. The second-order valence-electron chi connectivity index (χ2n) is 5.42. The number of nitrogens with zero attached hydrogens (tertiary/aromatic N) is 4. The molecule has 7 heteroatoms. The lowest BCUT2D eigenvalue weighted by atomic mass is 10.1. The van der Waals surface area contributed by atoms with Crippen LogP contribution >= 0.6 is 0 Å². The van der Waals surface area contributed by atoms with E-state index in [2.05, 4.69) is 4.98 Å². The van der Waals surface area contributed by atoms with Crippen LogP contribution in [0.3, 0.4) is 0 Å². The molecule has 3 rings (SSSR count). The Morgan fingerprint density at radius 3 is 2.36 bits per heavy atom. The molecular formula is C15H17N5O2. The number of aryl methyl sites for hydroxylation is 2. The smallest absolute Gasteiger partial charge is 0.332 e. The van der Waals surface area contributed by atoms with Crippen LogP contribution in [0.1, 0.15) is 11.1 Å². The summed E-state index contributed by atoms with van der Waals surface area (Å²) in [7, 11) is 3.02. The zero-order valence-electron chi connectivity index (χ0n) is 12.7. The monoisotopic (exact) mass is 299 g/mol. The number of nitrogens with two attached hydrogens (primary N) is 1. The maximum absolute atomic E-state index is 12.4. The first-order valence-corrected chi connectivity index (χ1v) is 6.87. The molecule has 114 valence electrons. The van der Waals surface area contributed by atoms with Crippen LogP contribution in [-0.4, -0.2) is 18.7 Å². The summed E-state index contributed by atoms with van der Waals surface area (Å²) in [4.78, 5) is 28.5. The molecule has 0 saturated heterocycles. The molecule has 0 saturated carbocycles. The zero-order chi connectivity index (χ0) is 16.0. The van der Waals surface area contributed by atoms with Gasteiger partial charge in [0.1, 0.15) is 0 Å². The Kier molecular flexibility index (Phi) is 3.13.